The van der Waals surface area contributed by atoms with Crippen LogP contribution in [0.25, 0.3) is 0 Å². The number of hydrogen-bond acceptors (Lipinski definition) is 10. The summed E-state index contributed by atoms with van der Waals surface area (Å²) in [5.41, 5.74) is 0. The van der Waals surface area contributed by atoms with E-state index in [4.69, 9.17) is 4.74 Å². The molecule has 41 heavy (non-hydrogen) atoms. The molecule has 8 N–H and O–H groups in total. The van der Waals surface area contributed by atoms with Crippen LogP contribution in [0.15, 0.2) is 0 Å². The molecule has 244 valence electrons. The van der Waals surface area contributed by atoms with Crippen LogP contribution in [0.1, 0.15) is 97.3 Å². The largest absolute Gasteiger partial charge is 0.393 e. The highest BCUT2D eigenvalue weighted by molar-refractivity contribution is 7.86. The summed E-state index contributed by atoms with van der Waals surface area (Å²) < 4.78 is 37.5. The molecule has 0 aromatic carbocycles. The fourth-order valence-electron chi connectivity index (χ4n) is 7.31. The van der Waals surface area contributed by atoms with E-state index in [1.54, 1.807) is 0 Å². The number of rotatable bonds is 6. The van der Waals surface area contributed by atoms with Crippen LogP contribution in [0.3, 0.4) is 0 Å². The van der Waals surface area contributed by atoms with Gasteiger partial charge in [0, 0.05) is 31.3 Å². The third-order valence-electron chi connectivity index (χ3n) is 9.70. The summed E-state index contributed by atoms with van der Waals surface area (Å²) >= 11 is 0. The Labute approximate surface area is 245 Å². The van der Waals surface area contributed by atoms with Crippen LogP contribution < -0.4 is 0 Å². The Morgan fingerprint density at radius 1 is 0.634 bits per heavy atom. The van der Waals surface area contributed by atoms with Gasteiger partial charge >= 0.3 is 0 Å². The van der Waals surface area contributed by atoms with Gasteiger partial charge in [0.1, 0.15) is 5.25 Å². The normalized spacial score (nSPS) is 40.3. The van der Waals surface area contributed by atoms with E-state index >= 15 is 0 Å². The zero-order valence-electron chi connectivity index (χ0n) is 24.9. The zero-order chi connectivity index (χ0) is 30.9. The molecule has 0 aromatic rings. The fourth-order valence-corrected chi connectivity index (χ4v) is 8.38. The highest BCUT2D eigenvalue weighted by Gasteiger charge is 2.46. The van der Waals surface area contributed by atoms with Crippen LogP contribution in [-0.2, 0) is 14.9 Å². The number of aliphatic hydroxyl groups is 7. The van der Waals surface area contributed by atoms with Crippen molar-refractivity contribution in [3.63, 3.8) is 0 Å². The van der Waals surface area contributed by atoms with Crippen molar-refractivity contribution < 1.29 is 53.5 Å². The molecule has 4 fully saturated rings. The van der Waals surface area contributed by atoms with Gasteiger partial charge in [0.15, 0.2) is 0 Å². The van der Waals surface area contributed by atoms with E-state index in [1.165, 1.54) is 7.11 Å². The summed E-state index contributed by atoms with van der Waals surface area (Å²) in [5.74, 6) is -0.961. The van der Waals surface area contributed by atoms with Crippen molar-refractivity contribution in [2.45, 2.75) is 151 Å². The van der Waals surface area contributed by atoms with Crippen molar-refractivity contribution in [3.8, 4) is 0 Å². The predicted octanol–water partition coefficient (Wildman–Crippen LogP) is 1.39. The first-order chi connectivity index (χ1) is 19.3. The lowest BCUT2D eigenvalue weighted by Crippen LogP contribution is -2.51. The zero-order valence-corrected chi connectivity index (χ0v) is 25.7. The molecule has 0 saturated heterocycles. The molecule has 0 heterocycles. The summed E-state index contributed by atoms with van der Waals surface area (Å²) in [5, 5.41) is 68.8. The van der Waals surface area contributed by atoms with Crippen molar-refractivity contribution >= 4 is 10.1 Å². The molecule has 4 aliphatic rings. The van der Waals surface area contributed by atoms with Gasteiger partial charge in [0.2, 0.25) is 0 Å². The molecular formula is C29H56O11S. The Morgan fingerprint density at radius 3 is 1.51 bits per heavy atom. The molecule has 0 radical (unpaired) electrons. The van der Waals surface area contributed by atoms with Gasteiger partial charge in [-0.2, -0.15) is 8.42 Å². The molecule has 11 unspecified atom stereocenters. The van der Waals surface area contributed by atoms with Crippen molar-refractivity contribution in [2.24, 2.45) is 23.7 Å². The van der Waals surface area contributed by atoms with E-state index in [0.29, 0.717) is 38.5 Å². The highest BCUT2D eigenvalue weighted by atomic mass is 32.2. The number of methoxy groups -OCH3 is 1. The summed E-state index contributed by atoms with van der Waals surface area (Å²) in [6.07, 6.45) is 2.81. The minimum absolute atomic E-state index is 0.0379. The summed E-state index contributed by atoms with van der Waals surface area (Å²) in [6.45, 7) is 4.00. The molecule has 11 atom stereocenters. The lowest BCUT2D eigenvalue weighted by atomic mass is 9.72. The van der Waals surface area contributed by atoms with Gasteiger partial charge in [0.05, 0.1) is 48.8 Å². The molecule has 0 spiro atoms. The average Bonchev–Trinajstić information content (AvgIpc) is 2.93. The summed E-state index contributed by atoms with van der Waals surface area (Å²) in [4.78, 5) is 0. The summed E-state index contributed by atoms with van der Waals surface area (Å²) in [6, 6.07) is 0. The minimum Gasteiger partial charge on any atom is -0.393 e. The van der Waals surface area contributed by atoms with E-state index in [1.807, 2.05) is 13.8 Å². The van der Waals surface area contributed by atoms with Crippen molar-refractivity contribution in [1.29, 1.82) is 0 Å². The second kappa shape index (κ2) is 17.2. The fraction of sp³-hybridized carbons (Fsp3) is 1.00. The van der Waals surface area contributed by atoms with Gasteiger partial charge in [0.25, 0.3) is 10.1 Å². The standard InChI is InChI=1S/C14H26O6S.C13H24O5.C2H6/c1-20-12-8-11(15)10(7-13(12)21(17,18)19)14(16)9-5-3-2-4-6-9;14-7-1-3-9(11(16)5-7)13(18)10-4-2-8(15)6-12(10)17;1-2/h9-16H,2-8H2,1H3,(H,17,18,19);7-18H,1-6H2;1-2H3. The maximum atomic E-state index is 11.5. The maximum absolute atomic E-state index is 11.5. The Balaban J connectivity index is 0.000000273. The van der Waals surface area contributed by atoms with E-state index in [-0.39, 0.29) is 30.6 Å². The molecule has 4 aliphatic carbocycles. The highest BCUT2D eigenvalue weighted by Crippen LogP contribution is 2.39. The van der Waals surface area contributed by atoms with Gasteiger partial charge in [-0.1, -0.05) is 33.1 Å². The molecule has 12 heteroatoms. The first-order valence-electron chi connectivity index (χ1n) is 15.6. The third-order valence-corrected chi connectivity index (χ3v) is 11.0. The smallest absolute Gasteiger partial charge is 0.270 e. The first kappa shape index (κ1) is 36.8. The Bertz CT molecular complexity index is 811. The van der Waals surface area contributed by atoms with Crippen molar-refractivity contribution in [1.82, 2.24) is 0 Å². The number of ether oxygens (including phenoxy) is 1. The molecule has 0 bridgehead atoms. The minimum atomic E-state index is -4.25. The lowest BCUT2D eigenvalue weighted by Gasteiger charge is -2.41. The van der Waals surface area contributed by atoms with Crippen LogP contribution in [0.5, 0.6) is 0 Å². The van der Waals surface area contributed by atoms with Gasteiger partial charge in [-0.3, -0.25) is 4.55 Å². The van der Waals surface area contributed by atoms with Crippen molar-refractivity contribution in [2.75, 3.05) is 7.11 Å². The second-order valence-corrected chi connectivity index (χ2v) is 13.9. The van der Waals surface area contributed by atoms with E-state index in [9.17, 15) is 48.7 Å². The molecular weight excluding hydrogens is 556 g/mol. The molecule has 4 saturated carbocycles. The van der Waals surface area contributed by atoms with E-state index in [0.717, 1.165) is 32.1 Å². The van der Waals surface area contributed by atoms with Gasteiger partial charge in [-0.05, 0) is 63.7 Å². The Kier molecular flexibility index (Phi) is 15.4. The Hall–Kier alpha value is -0.410. The number of hydrogen-bond donors (Lipinski definition) is 8. The van der Waals surface area contributed by atoms with Gasteiger partial charge in [-0.25, -0.2) is 0 Å². The van der Waals surface area contributed by atoms with Gasteiger partial charge < -0.3 is 40.5 Å². The monoisotopic (exact) mass is 612 g/mol. The second-order valence-electron chi connectivity index (χ2n) is 12.3. The van der Waals surface area contributed by atoms with Gasteiger partial charge in [-0.15, -0.1) is 0 Å². The lowest BCUT2D eigenvalue weighted by molar-refractivity contribution is -0.107. The quantitative estimate of drug-likeness (QED) is 0.201. The van der Waals surface area contributed by atoms with Crippen LogP contribution in [0.4, 0.5) is 0 Å². The molecule has 0 amide bonds. The third kappa shape index (κ3) is 10.3. The number of aliphatic hydroxyl groups excluding tert-OH is 7. The topological polar surface area (TPSA) is 205 Å². The Morgan fingerprint density at radius 2 is 1.10 bits per heavy atom. The van der Waals surface area contributed by atoms with Crippen LogP contribution in [0.2, 0.25) is 0 Å². The molecule has 0 aliphatic heterocycles. The molecule has 4 rings (SSSR count). The van der Waals surface area contributed by atoms with Crippen LogP contribution >= 0.6 is 0 Å². The summed E-state index contributed by atoms with van der Waals surface area (Å²) in [7, 11) is -2.89. The molecule has 0 aromatic heterocycles. The van der Waals surface area contributed by atoms with E-state index in [2.05, 4.69) is 0 Å². The predicted molar refractivity (Wildman–Crippen MR) is 154 cm³/mol. The average molecular weight is 613 g/mol. The first-order valence-corrected chi connectivity index (χ1v) is 17.1. The molecule has 11 nitrogen and oxygen atoms in total. The SMILES string of the molecule is CC.COC1CC(O)C(C(O)C2CCCCC2)CC1S(=O)(=O)O.OC1CCC(C(O)C2CCC(O)CC2O)C(O)C1. The van der Waals surface area contributed by atoms with Crippen molar-refractivity contribution in [3.05, 3.63) is 0 Å². The van der Waals surface area contributed by atoms with Crippen LogP contribution in [-0.4, -0.2) is 110 Å². The maximum Gasteiger partial charge on any atom is 0.270 e. The van der Waals surface area contributed by atoms with Crippen LogP contribution in [0, 0.1) is 23.7 Å². The van der Waals surface area contributed by atoms with E-state index < -0.39 is 70.1 Å².